The highest BCUT2D eigenvalue weighted by Crippen LogP contribution is 2.18. The fraction of sp³-hybridized carbons (Fsp3) is 0.263. The number of ether oxygens (including phenoxy) is 2. The molecule has 0 aliphatic carbocycles. The Morgan fingerprint density at radius 2 is 1.75 bits per heavy atom. The van der Waals surface area contributed by atoms with E-state index in [0.717, 1.165) is 16.9 Å². The van der Waals surface area contributed by atoms with Crippen LogP contribution in [-0.4, -0.2) is 25.6 Å². The Kier molecular flexibility index (Phi) is 6.37. The molecule has 2 rings (SSSR count). The first-order chi connectivity index (χ1) is 11.6. The highest BCUT2D eigenvalue weighted by atomic mass is 16.5. The second-order valence-electron chi connectivity index (χ2n) is 5.39. The number of para-hydroxylation sites is 1. The molecule has 0 bridgehead atoms. The summed E-state index contributed by atoms with van der Waals surface area (Å²) in [6.45, 7) is 1.67. The predicted octanol–water partition coefficient (Wildman–Crippen LogP) is 3.12. The lowest BCUT2D eigenvalue weighted by Gasteiger charge is -2.09. The quantitative estimate of drug-likeness (QED) is 0.794. The van der Waals surface area contributed by atoms with Crippen LogP contribution in [0.25, 0.3) is 0 Å². The Morgan fingerprint density at radius 3 is 2.46 bits per heavy atom. The molecule has 126 valence electrons. The largest absolute Gasteiger partial charge is 0.496 e. The average molecular weight is 327 g/mol. The maximum absolute atomic E-state index is 11.8. The van der Waals surface area contributed by atoms with Crippen molar-refractivity contribution in [2.45, 2.75) is 19.8 Å². The van der Waals surface area contributed by atoms with E-state index < -0.39 is 5.97 Å². The van der Waals surface area contributed by atoms with Gasteiger partial charge in [-0.15, -0.1) is 0 Å². The molecule has 5 heteroatoms. The van der Waals surface area contributed by atoms with Gasteiger partial charge in [0.2, 0.25) is 0 Å². The number of nitrogens with one attached hydrogen (secondary N) is 1. The maximum atomic E-state index is 11.8. The fourth-order valence-corrected chi connectivity index (χ4v) is 2.20. The minimum absolute atomic E-state index is 0.193. The summed E-state index contributed by atoms with van der Waals surface area (Å²) in [6.07, 6.45) is 0.695. The van der Waals surface area contributed by atoms with Crippen molar-refractivity contribution in [3.05, 3.63) is 59.7 Å². The van der Waals surface area contributed by atoms with Crippen LogP contribution >= 0.6 is 0 Å². The molecule has 0 fully saturated rings. The predicted molar refractivity (Wildman–Crippen MR) is 92.1 cm³/mol. The molecule has 24 heavy (non-hydrogen) atoms. The highest BCUT2D eigenvalue weighted by Gasteiger charge is 2.10. The van der Waals surface area contributed by atoms with Crippen LogP contribution in [-0.2, 0) is 20.7 Å². The first-order valence-electron chi connectivity index (χ1n) is 7.72. The first-order valence-corrected chi connectivity index (χ1v) is 7.72. The number of rotatable bonds is 7. The van der Waals surface area contributed by atoms with Crippen LogP contribution in [0.15, 0.2) is 48.5 Å². The molecule has 0 saturated heterocycles. The molecule has 0 unspecified atom stereocenters. The summed E-state index contributed by atoms with van der Waals surface area (Å²) < 4.78 is 10.2. The summed E-state index contributed by atoms with van der Waals surface area (Å²) >= 11 is 0. The van der Waals surface area contributed by atoms with Crippen molar-refractivity contribution in [2.75, 3.05) is 19.0 Å². The van der Waals surface area contributed by atoms with Gasteiger partial charge in [-0.2, -0.15) is 0 Å². The van der Waals surface area contributed by atoms with Gasteiger partial charge in [-0.3, -0.25) is 9.59 Å². The topological polar surface area (TPSA) is 64.6 Å². The number of esters is 1. The third-order valence-corrected chi connectivity index (χ3v) is 3.49. The van der Waals surface area contributed by atoms with Gasteiger partial charge in [-0.05, 0) is 37.1 Å². The monoisotopic (exact) mass is 327 g/mol. The van der Waals surface area contributed by atoms with Crippen LogP contribution in [0.5, 0.6) is 5.75 Å². The lowest BCUT2D eigenvalue weighted by molar-refractivity contribution is -0.147. The molecule has 0 heterocycles. The van der Waals surface area contributed by atoms with Crippen LogP contribution in [0.3, 0.4) is 0 Å². The lowest BCUT2D eigenvalue weighted by Crippen LogP contribution is -2.21. The second-order valence-corrected chi connectivity index (χ2v) is 5.39. The van der Waals surface area contributed by atoms with Crippen molar-refractivity contribution in [2.24, 2.45) is 0 Å². The number of carbonyl (C=O) groups is 2. The molecule has 0 aliphatic rings. The normalized spacial score (nSPS) is 10.1. The SMILES string of the molecule is COc1ccccc1CCC(=O)OCC(=O)Nc1ccc(C)cc1. The van der Waals surface area contributed by atoms with Crippen molar-refractivity contribution in [3.8, 4) is 5.75 Å². The first kappa shape index (κ1) is 17.5. The summed E-state index contributed by atoms with van der Waals surface area (Å²) in [6, 6.07) is 14.9. The zero-order valence-electron chi connectivity index (χ0n) is 13.9. The molecule has 0 radical (unpaired) electrons. The molecule has 2 aromatic carbocycles. The zero-order chi connectivity index (χ0) is 17.4. The highest BCUT2D eigenvalue weighted by molar-refractivity contribution is 5.92. The van der Waals surface area contributed by atoms with E-state index in [4.69, 9.17) is 9.47 Å². The molecule has 2 aromatic rings. The molecule has 0 saturated carbocycles. The minimum Gasteiger partial charge on any atom is -0.496 e. The molecule has 1 N–H and O–H groups in total. The molecule has 0 aromatic heterocycles. The van der Waals surface area contributed by atoms with Crippen molar-refractivity contribution >= 4 is 17.6 Å². The standard InChI is InChI=1S/C19H21NO4/c1-14-7-10-16(11-8-14)20-18(21)13-24-19(22)12-9-15-5-3-4-6-17(15)23-2/h3-8,10-11H,9,12-13H2,1-2H3,(H,20,21). The lowest BCUT2D eigenvalue weighted by atomic mass is 10.1. The summed E-state index contributed by atoms with van der Waals surface area (Å²) in [5, 5.41) is 2.68. The maximum Gasteiger partial charge on any atom is 0.306 e. The Balaban J connectivity index is 1.74. The number of carbonyl (C=O) groups excluding carboxylic acids is 2. The van der Waals surface area contributed by atoms with Gasteiger partial charge >= 0.3 is 5.97 Å². The molecule has 5 nitrogen and oxygen atoms in total. The van der Waals surface area contributed by atoms with Gasteiger partial charge in [0.25, 0.3) is 5.91 Å². The van der Waals surface area contributed by atoms with Gasteiger partial charge in [0.15, 0.2) is 6.61 Å². The summed E-state index contributed by atoms with van der Waals surface area (Å²) in [4.78, 5) is 23.5. The molecule has 0 aliphatic heterocycles. The van der Waals surface area contributed by atoms with Gasteiger partial charge in [-0.1, -0.05) is 35.9 Å². The molecular formula is C19H21NO4. The number of hydrogen-bond acceptors (Lipinski definition) is 4. The Morgan fingerprint density at radius 1 is 1.04 bits per heavy atom. The number of benzene rings is 2. The van der Waals surface area contributed by atoms with E-state index in [-0.39, 0.29) is 18.9 Å². The average Bonchev–Trinajstić information content (AvgIpc) is 2.60. The van der Waals surface area contributed by atoms with Crippen LogP contribution in [0.4, 0.5) is 5.69 Å². The number of amides is 1. The van der Waals surface area contributed by atoms with Crippen molar-refractivity contribution < 1.29 is 19.1 Å². The van der Waals surface area contributed by atoms with Gasteiger partial charge in [0, 0.05) is 12.1 Å². The summed E-state index contributed by atoms with van der Waals surface area (Å²) in [7, 11) is 1.59. The number of aryl methyl sites for hydroxylation is 2. The minimum atomic E-state index is -0.417. The van der Waals surface area contributed by atoms with Crippen molar-refractivity contribution in [3.63, 3.8) is 0 Å². The smallest absolute Gasteiger partial charge is 0.306 e. The Bertz CT molecular complexity index is 695. The van der Waals surface area contributed by atoms with Crippen LogP contribution < -0.4 is 10.1 Å². The van der Waals surface area contributed by atoms with E-state index in [0.29, 0.717) is 12.1 Å². The second kappa shape index (κ2) is 8.72. The molecule has 1 amide bonds. The van der Waals surface area contributed by atoms with Crippen molar-refractivity contribution in [1.82, 2.24) is 0 Å². The third-order valence-electron chi connectivity index (χ3n) is 3.49. The molecule has 0 spiro atoms. The van der Waals surface area contributed by atoms with Gasteiger partial charge in [0.05, 0.1) is 7.11 Å². The Labute approximate surface area is 141 Å². The zero-order valence-corrected chi connectivity index (χ0v) is 13.9. The fourth-order valence-electron chi connectivity index (χ4n) is 2.20. The van der Waals surface area contributed by atoms with E-state index in [1.54, 1.807) is 19.2 Å². The number of hydrogen-bond donors (Lipinski definition) is 1. The summed E-state index contributed by atoms with van der Waals surface area (Å²) in [5.74, 6) is -0.0353. The van der Waals surface area contributed by atoms with Gasteiger partial charge < -0.3 is 14.8 Å². The van der Waals surface area contributed by atoms with Gasteiger partial charge in [0.1, 0.15) is 5.75 Å². The van der Waals surface area contributed by atoms with E-state index in [2.05, 4.69) is 5.32 Å². The van der Waals surface area contributed by atoms with E-state index >= 15 is 0 Å². The number of methoxy groups -OCH3 is 1. The Hall–Kier alpha value is -2.82. The number of anilines is 1. The van der Waals surface area contributed by atoms with Crippen LogP contribution in [0.2, 0.25) is 0 Å². The van der Waals surface area contributed by atoms with E-state index in [9.17, 15) is 9.59 Å². The summed E-state index contributed by atoms with van der Waals surface area (Å²) in [5.41, 5.74) is 2.72. The van der Waals surface area contributed by atoms with Crippen LogP contribution in [0.1, 0.15) is 17.5 Å². The third kappa shape index (κ3) is 5.43. The van der Waals surface area contributed by atoms with E-state index in [1.807, 2.05) is 43.3 Å². The molecular weight excluding hydrogens is 306 g/mol. The van der Waals surface area contributed by atoms with Crippen molar-refractivity contribution in [1.29, 1.82) is 0 Å². The van der Waals surface area contributed by atoms with E-state index in [1.165, 1.54) is 0 Å². The van der Waals surface area contributed by atoms with Crippen LogP contribution in [0, 0.1) is 6.92 Å². The van der Waals surface area contributed by atoms with Gasteiger partial charge in [-0.25, -0.2) is 0 Å². The molecule has 0 atom stereocenters.